The highest BCUT2D eigenvalue weighted by Crippen LogP contribution is 2.24. The third-order valence-electron chi connectivity index (χ3n) is 3.68. The fraction of sp³-hybridized carbons (Fsp3) is 0.467. The minimum Gasteiger partial charge on any atom is -0.393 e. The average molecular weight is 355 g/mol. The van der Waals surface area contributed by atoms with Crippen LogP contribution in [0, 0.1) is 5.92 Å². The summed E-state index contributed by atoms with van der Waals surface area (Å²) in [7, 11) is 0. The van der Waals surface area contributed by atoms with Crippen LogP contribution in [0.15, 0.2) is 28.7 Å². The number of halogens is 1. The molecule has 5 nitrogen and oxygen atoms in total. The first-order chi connectivity index (χ1) is 10.1. The molecule has 1 aliphatic rings. The summed E-state index contributed by atoms with van der Waals surface area (Å²) < 4.78 is 0.815. The first-order valence-electron chi connectivity index (χ1n) is 7.05. The van der Waals surface area contributed by atoms with Crippen molar-refractivity contribution in [3.8, 4) is 0 Å². The Kier molecular flexibility index (Phi) is 5.76. The summed E-state index contributed by atoms with van der Waals surface area (Å²) in [6.07, 6.45) is 2.43. The number of benzene rings is 1. The Morgan fingerprint density at radius 2 is 2.10 bits per heavy atom. The van der Waals surface area contributed by atoms with E-state index in [4.69, 9.17) is 0 Å². The Balaban J connectivity index is 1.72. The van der Waals surface area contributed by atoms with Crippen LogP contribution in [-0.4, -0.2) is 36.1 Å². The summed E-state index contributed by atoms with van der Waals surface area (Å²) in [5.41, 5.74) is 0.503. The number of rotatable bonds is 5. The third kappa shape index (κ3) is 4.82. The molecule has 21 heavy (non-hydrogen) atoms. The van der Waals surface area contributed by atoms with Crippen LogP contribution < -0.4 is 10.6 Å². The van der Waals surface area contributed by atoms with E-state index in [0.29, 0.717) is 12.1 Å². The lowest BCUT2D eigenvalue weighted by atomic mass is 10.1. The van der Waals surface area contributed by atoms with Gasteiger partial charge < -0.3 is 15.7 Å². The molecule has 1 aromatic rings. The molecule has 2 atom stereocenters. The summed E-state index contributed by atoms with van der Waals surface area (Å²) >= 11 is 3.30. The molecule has 0 spiro atoms. The number of carbonyl (C=O) groups is 2. The van der Waals surface area contributed by atoms with Crippen LogP contribution in [0.5, 0.6) is 0 Å². The van der Waals surface area contributed by atoms with Gasteiger partial charge in [0.25, 0.3) is 5.91 Å². The van der Waals surface area contributed by atoms with E-state index in [1.807, 2.05) is 6.07 Å². The van der Waals surface area contributed by atoms with Crippen LogP contribution in [0.25, 0.3) is 0 Å². The monoisotopic (exact) mass is 354 g/mol. The second-order valence-electron chi connectivity index (χ2n) is 5.26. The second kappa shape index (κ2) is 7.56. The van der Waals surface area contributed by atoms with Crippen molar-refractivity contribution in [2.24, 2.45) is 5.92 Å². The molecule has 0 saturated heterocycles. The minimum atomic E-state index is -0.318. The zero-order chi connectivity index (χ0) is 15.2. The zero-order valence-corrected chi connectivity index (χ0v) is 13.2. The lowest BCUT2D eigenvalue weighted by Crippen LogP contribution is -2.40. The fourth-order valence-electron chi connectivity index (χ4n) is 2.46. The highest BCUT2D eigenvalue weighted by molar-refractivity contribution is 9.10. The van der Waals surface area contributed by atoms with Gasteiger partial charge in [0.1, 0.15) is 0 Å². The van der Waals surface area contributed by atoms with Crippen LogP contribution in [-0.2, 0) is 4.79 Å². The molecule has 0 heterocycles. The van der Waals surface area contributed by atoms with Crippen LogP contribution in [0.1, 0.15) is 29.6 Å². The van der Waals surface area contributed by atoms with Gasteiger partial charge in [-0.15, -0.1) is 0 Å². The molecular weight excluding hydrogens is 336 g/mol. The van der Waals surface area contributed by atoms with E-state index in [-0.39, 0.29) is 30.4 Å². The molecule has 1 aliphatic carbocycles. The van der Waals surface area contributed by atoms with Crippen LogP contribution in [0.3, 0.4) is 0 Å². The topological polar surface area (TPSA) is 78.4 Å². The summed E-state index contributed by atoms with van der Waals surface area (Å²) in [5, 5.41) is 15.0. The normalized spacial score (nSPS) is 21.0. The maximum absolute atomic E-state index is 11.9. The van der Waals surface area contributed by atoms with E-state index in [0.717, 1.165) is 23.7 Å². The Morgan fingerprint density at radius 3 is 2.76 bits per heavy atom. The van der Waals surface area contributed by atoms with Crippen molar-refractivity contribution in [3.63, 3.8) is 0 Å². The third-order valence-corrected chi connectivity index (χ3v) is 4.17. The van der Waals surface area contributed by atoms with Gasteiger partial charge in [-0.2, -0.15) is 0 Å². The molecule has 0 radical (unpaired) electrons. The number of aliphatic hydroxyl groups is 1. The minimum absolute atomic E-state index is 0.0613. The van der Waals surface area contributed by atoms with Crippen molar-refractivity contribution in [2.75, 3.05) is 13.1 Å². The summed E-state index contributed by atoms with van der Waals surface area (Å²) in [6.45, 7) is 0.404. The van der Waals surface area contributed by atoms with E-state index in [1.165, 1.54) is 0 Å². The largest absolute Gasteiger partial charge is 0.393 e. The van der Waals surface area contributed by atoms with Gasteiger partial charge in [0.05, 0.1) is 12.6 Å². The Labute approximate surface area is 132 Å². The van der Waals surface area contributed by atoms with Gasteiger partial charge in [-0.3, -0.25) is 9.59 Å². The van der Waals surface area contributed by atoms with Crippen LogP contribution in [0.2, 0.25) is 0 Å². The van der Waals surface area contributed by atoms with E-state index >= 15 is 0 Å². The molecule has 1 saturated carbocycles. The molecule has 6 heteroatoms. The SMILES string of the molecule is O=C(CNC(=O)c1cccc(Br)c1)NCC1CCCC1O. The molecule has 1 aromatic carbocycles. The second-order valence-corrected chi connectivity index (χ2v) is 6.17. The van der Waals surface area contributed by atoms with Crippen LogP contribution in [0.4, 0.5) is 0 Å². The predicted octanol–water partition coefficient (Wildman–Crippen LogP) is 1.46. The molecular formula is C15H19BrN2O3. The van der Waals surface area contributed by atoms with Gasteiger partial charge >= 0.3 is 0 Å². The van der Waals surface area contributed by atoms with Crippen molar-refractivity contribution in [1.82, 2.24) is 10.6 Å². The van der Waals surface area contributed by atoms with Gasteiger partial charge in [0.15, 0.2) is 0 Å². The number of carbonyl (C=O) groups excluding carboxylic acids is 2. The van der Waals surface area contributed by atoms with Crippen LogP contribution >= 0.6 is 15.9 Å². The Morgan fingerprint density at radius 1 is 1.29 bits per heavy atom. The number of hydrogen-bond acceptors (Lipinski definition) is 3. The molecule has 0 aliphatic heterocycles. The Hall–Kier alpha value is -1.40. The van der Waals surface area contributed by atoms with E-state index in [1.54, 1.807) is 18.2 Å². The standard InChI is InChI=1S/C15H19BrN2O3/c16-12-5-1-3-10(7-12)15(21)18-9-14(20)17-8-11-4-2-6-13(11)19/h1,3,5,7,11,13,19H,2,4,6,8-9H2,(H,17,20)(H,18,21). The molecule has 2 amide bonds. The van der Waals surface area contributed by atoms with Gasteiger partial charge in [-0.05, 0) is 31.0 Å². The van der Waals surface area contributed by atoms with E-state index in [2.05, 4.69) is 26.6 Å². The van der Waals surface area contributed by atoms with E-state index in [9.17, 15) is 14.7 Å². The summed E-state index contributed by atoms with van der Waals surface area (Å²) in [5.74, 6) is -0.389. The predicted molar refractivity (Wildman–Crippen MR) is 82.8 cm³/mol. The van der Waals surface area contributed by atoms with Gasteiger partial charge in [0, 0.05) is 22.5 Å². The smallest absolute Gasteiger partial charge is 0.251 e. The molecule has 0 bridgehead atoms. The summed E-state index contributed by atoms with van der Waals surface area (Å²) in [6, 6.07) is 6.98. The van der Waals surface area contributed by atoms with Crippen molar-refractivity contribution < 1.29 is 14.7 Å². The van der Waals surface area contributed by atoms with Crippen molar-refractivity contribution in [2.45, 2.75) is 25.4 Å². The molecule has 2 rings (SSSR count). The van der Waals surface area contributed by atoms with Gasteiger partial charge in [0.2, 0.25) is 5.91 Å². The number of hydrogen-bond donors (Lipinski definition) is 3. The highest BCUT2D eigenvalue weighted by Gasteiger charge is 2.25. The number of nitrogens with one attached hydrogen (secondary N) is 2. The maximum Gasteiger partial charge on any atom is 0.251 e. The molecule has 114 valence electrons. The molecule has 2 unspecified atom stereocenters. The maximum atomic E-state index is 11.9. The quantitative estimate of drug-likeness (QED) is 0.748. The molecule has 0 aromatic heterocycles. The highest BCUT2D eigenvalue weighted by atomic mass is 79.9. The first kappa shape index (κ1) is 16.0. The van der Waals surface area contributed by atoms with Crippen molar-refractivity contribution >= 4 is 27.7 Å². The van der Waals surface area contributed by atoms with E-state index < -0.39 is 0 Å². The molecule has 3 N–H and O–H groups in total. The molecule has 1 fully saturated rings. The van der Waals surface area contributed by atoms with Gasteiger partial charge in [-0.1, -0.05) is 28.4 Å². The van der Waals surface area contributed by atoms with Crippen molar-refractivity contribution in [3.05, 3.63) is 34.3 Å². The number of amides is 2. The van der Waals surface area contributed by atoms with Crippen molar-refractivity contribution in [1.29, 1.82) is 0 Å². The lowest BCUT2D eigenvalue weighted by molar-refractivity contribution is -0.120. The average Bonchev–Trinajstić information content (AvgIpc) is 2.88. The lowest BCUT2D eigenvalue weighted by Gasteiger charge is -2.15. The van der Waals surface area contributed by atoms with Gasteiger partial charge in [-0.25, -0.2) is 0 Å². The Bertz CT molecular complexity index is 521. The zero-order valence-electron chi connectivity index (χ0n) is 11.6. The first-order valence-corrected chi connectivity index (χ1v) is 7.84. The summed E-state index contributed by atoms with van der Waals surface area (Å²) in [4.78, 5) is 23.6. The fourth-order valence-corrected chi connectivity index (χ4v) is 2.85. The number of aliphatic hydroxyl groups excluding tert-OH is 1.